The van der Waals surface area contributed by atoms with E-state index in [1.54, 1.807) is 0 Å². The monoisotopic (exact) mass is 657 g/mol. The normalized spacial score (nSPS) is 21.9. The van der Waals surface area contributed by atoms with Gasteiger partial charge in [0.25, 0.3) is 0 Å². The van der Waals surface area contributed by atoms with Gasteiger partial charge in [-0.25, -0.2) is 0 Å². The van der Waals surface area contributed by atoms with Gasteiger partial charge in [-0.2, -0.15) is 0 Å². The highest BCUT2D eigenvalue weighted by molar-refractivity contribution is 6.09. The molecule has 2 aromatic heterocycles. The predicted molar refractivity (Wildman–Crippen MR) is 214 cm³/mol. The largest absolute Gasteiger partial charge is 0.333 e. The molecule has 4 aromatic carbocycles. The predicted octanol–water partition coefficient (Wildman–Crippen LogP) is 10.5. The minimum absolute atomic E-state index is 0.252. The van der Waals surface area contributed by atoms with E-state index in [1.165, 1.54) is 77.1 Å². The van der Waals surface area contributed by atoms with Crippen molar-refractivity contribution in [2.45, 2.75) is 50.1 Å². The van der Waals surface area contributed by atoms with E-state index in [9.17, 15) is 0 Å². The fourth-order valence-electron chi connectivity index (χ4n) is 9.68. The Bertz CT molecular complexity index is 2750. The Labute approximate surface area is 298 Å². The first kappa shape index (κ1) is 29.0. The number of allylic oxidation sites excluding steroid dienone is 12. The third-order valence-electron chi connectivity index (χ3n) is 11.9. The number of benzene rings is 4. The zero-order chi connectivity index (χ0) is 33.5. The summed E-state index contributed by atoms with van der Waals surface area (Å²) in [5.41, 5.74) is 12.2. The minimum Gasteiger partial charge on any atom is -0.333 e. The summed E-state index contributed by atoms with van der Waals surface area (Å²) < 4.78 is 5.16. The maximum atomic E-state index is 2.64. The first-order valence-electron chi connectivity index (χ1n) is 18.7. The molecule has 0 fully saturated rings. The second kappa shape index (κ2) is 11.4. The molecule has 3 heteroatoms. The summed E-state index contributed by atoms with van der Waals surface area (Å²) in [7, 11) is 0. The van der Waals surface area contributed by atoms with Gasteiger partial charge in [0.15, 0.2) is 0 Å². The molecule has 246 valence electrons. The molecule has 0 amide bonds. The van der Waals surface area contributed by atoms with Crippen LogP contribution in [0, 0.1) is 0 Å². The summed E-state index contributed by atoms with van der Waals surface area (Å²) >= 11 is 0. The minimum atomic E-state index is 0.252. The summed E-state index contributed by atoms with van der Waals surface area (Å²) in [6.07, 6.45) is 30.8. The number of rotatable bonds is 4. The summed E-state index contributed by atoms with van der Waals surface area (Å²) in [5, 5.41) is 6.82. The number of hydrogen-bond acceptors (Lipinski definition) is 1. The van der Waals surface area contributed by atoms with Gasteiger partial charge in [-0.1, -0.05) is 121 Å². The van der Waals surface area contributed by atoms with Crippen molar-refractivity contribution in [1.82, 2.24) is 9.13 Å². The average Bonchev–Trinajstić information content (AvgIpc) is 3.84. The molecule has 11 rings (SSSR count). The van der Waals surface area contributed by atoms with Crippen molar-refractivity contribution in [3.8, 4) is 0 Å². The lowest BCUT2D eigenvalue weighted by Gasteiger charge is -2.28. The fourth-order valence-corrected chi connectivity index (χ4v) is 9.68. The van der Waals surface area contributed by atoms with E-state index in [2.05, 4.69) is 172 Å². The van der Waals surface area contributed by atoms with Crippen LogP contribution in [0.3, 0.4) is 0 Å². The van der Waals surface area contributed by atoms with Crippen molar-refractivity contribution in [3.05, 3.63) is 179 Å². The number of anilines is 1. The van der Waals surface area contributed by atoms with Gasteiger partial charge in [-0.15, -0.1) is 0 Å². The Hall–Kier alpha value is -5.80. The number of fused-ring (bicyclic) bond motifs is 9. The molecule has 1 aliphatic heterocycles. The van der Waals surface area contributed by atoms with E-state index in [0.29, 0.717) is 12.0 Å². The van der Waals surface area contributed by atoms with Gasteiger partial charge >= 0.3 is 0 Å². The molecule has 3 atom stereocenters. The number of aromatic nitrogens is 2. The van der Waals surface area contributed by atoms with E-state index in [4.69, 9.17) is 0 Å². The van der Waals surface area contributed by atoms with Crippen LogP contribution in [0.4, 0.5) is 5.69 Å². The van der Waals surface area contributed by atoms with Gasteiger partial charge in [0, 0.05) is 66.3 Å². The quantitative estimate of drug-likeness (QED) is 0.184. The molecule has 3 heterocycles. The van der Waals surface area contributed by atoms with Gasteiger partial charge in [-0.05, 0) is 85.2 Å². The third kappa shape index (κ3) is 4.31. The summed E-state index contributed by atoms with van der Waals surface area (Å²) in [6.45, 7) is 0. The van der Waals surface area contributed by atoms with Crippen molar-refractivity contribution in [2.24, 2.45) is 0 Å². The van der Waals surface area contributed by atoms with E-state index in [0.717, 1.165) is 32.1 Å². The molecule has 3 unspecified atom stereocenters. The molecule has 0 saturated carbocycles. The molecule has 0 spiro atoms. The van der Waals surface area contributed by atoms with Gasteiger partial charge < -0.3 is 14.0 Å². The van der Waals surface area contributed by atoms with Crippen molar-refractivity contribution in [2.75, 3.05) is 4.90 Å². The highest BCUT2D eigenvalue weighted by Gasteiger charge is 2.38. The number of para-hydroxylation sites is 3. The molecular weight excluding hydrogens is 619 g/mol. The van der Waals surface area contributed by atoms with Gasteiger partial charge in [0.05, 0.1) is 12.1 Å². The Morgan fingerprint density at radius 1 is 0.608 bits per heavy atom. The average molecular weight is 658 g/mol. The van der Waals surface area contributed by atoms with Crippen molar-refractivity contribution >= 4 is 55.7 Å². The van der Waals surface area contributed by atoms with E-state index in [-0.39, 0.29) is 6.04 Å². The molecule has 6 aromatic rings. The SMILES string of the molecule is C1=CCCC(N2C3=c4c(n(C5C=CC(c6ccc7c(c6)c6ccccc6n7C6C=CC=CC6)=CC5)c5ccccc45)=CCC3c3ccccc32)=C1. The lowest BCUT2D eigenvalue weighted by molar-refractivity contribution is 0.612. The Morgan fingerprint density at radius 3 is 2.24 bits per heavy atom. The van der Waals surface area contributed by atoms with Crippen LogP contribution in [-0.2, 0) is 0 Å². The van der Waals surface area contributed by atoms with Gasteiger partial charge in [0.1, 0.15) is 0 Å². The fraction of sp³-hybridized carbons (Fsp3) is 0.167. The van der Waals surface area contributed by atoms with Crippen LogP contribution >= 0.6 is 0 Å². The molecule has 4 aliphatic carbocycles. The van der Waals surface area contributed by atoms with Crippen LogP contribution in [0.1, 0.15) is 61.2 Å². The van der Waals surface area contributed by atoms with Crippen LogP contribution in [0.25, 0.3) is 50.1 Å². The molecule has 3 nitrogen and oxygen atoms in total. The lowest BCUT2D eigenvalue weighted by atomic mass is 9.90. The number of nitrogens with zero attached hydrogens (tertiary/aromatic N) is 3. The molecule has 0 N–H and O–H groups in total. The molecule has 51 heavy (non-hydrogen) atoms. The molecular formula is C48H39N3. The van der Waals surface area contributed by atoms with Crippen LogP contribution in [-0.4, -0.2) is 9.13 Å². The Morgan fingerprint density at radius 2 is 1.41 bits per heavy atom. The summed E-state index contributed by atoms with van der Waals surface area (Å²) in [6, 6.07) is 34.8. The standard InChI is InChI=1S/C48H39N3/c1-3-13-34(14-4-1)49-42-20-10-8-18-38(42)41-31-33(25-29-45(41)49)32-23-26-36(27-24-32)50-44-22-12-9-19-40(44)47-46(50)30-28-39-37-17-7-11-21-43(37)51(48(39)47)35-15-5-2-6-16-35/h1-5,7-13,15,17-26,29-31,34,36,39H,6,14,16,27-28H2. The van der Waals surface area contributed by atoms with E-state index >= 15 is 0 Å². The molecule has 0 radical (unpaired) electrons. The second-order valence-corrected chi connectivity index (χ2v) is 14.6. The zero-order valence-corrected chi connectivity index (χ0v) is 28.6. The smallest absolute Gasteiger partial charge is 0.0560 e. The van der Waals surface area contributed by atoms with Crippen molar-refractivity contribution in [3.63, 3.8) is 0 Å². The topological polar surface area (TPSA) is 13.1 Å². The first-order chi connectivity index (χ1) is 25.3. The van der Waals surface area contributed by atoms with Crippen LogP contribution in [0.2, 0.25) is 0 Å². The highest BCUT2D eigenvalue weighted by atomic mass is 15.2. The number of hydrogen-bond donors (Lipinski definition) is 0. The summed E-state index contributed by atoms with van der Waals surface area (Å²) in [5.74, 6) is 0.375. The summed E-state index contributed by atoms with van der Waals surface area (Å²) in [4.78, 5) is 2.62. The van der Waals surface area contributed by atoms with Crippen LogP contribution in [0.5, 0.6) is 0 Å². The van der Waals surface area contributed by atoms with E-state index in [1.807, 2.05) is 0 Å². The van der Waals surface area contributed by atoms with Crippen LogP contribution < -0.4 is 15.5 Å². The molecule has 0 saturated heterocycles. The highest BCUT2D eigenvalue weighted by Crippen LogP contribution is 2.49. The Kier molecular flexibility index (Phi) is 6.46. The maximum absolute atomic E-state index is 2.64. The molecule has 5 aliphatic rings. The third-order valence-corrected chi connectivity index (χ3v) is 11.9. The van der Waals surface area contributed by atoms with Gasteiger partial charge in [-0.3, -0.25) is 0 Å². The van der Waals surface area contributed by atoms with Crippen molar-refractivity contribution < 1.29 is 0 Å². The maximum Gasteiger partial charge on any atom is 0.0560 e. The first-order valence-corrected chi connectivity index (χ1v) is 18.7. The van der Waals surface area contributed by atoms with Crippen molar-refractivity contribution in [1.29, 1.82) is 0 Å². The molecule has 0 bridgehead atoms. The zero-order valence-electron chi connectivity index (χ0n) is 28.6. The van der Waals surface area contributed by atoms with E-state index < -0.39 is 0 Å². The lowest BCUT2D eigenvalue weighted by Crippen LogP contribution is -2.39. The second-order valence-electron chi connectivity index (χ2n) is 14.6. The van der Waals surface area contributed by atoms with Crippen LogP contribution in [0.15, 0.2) is 157 Å². The van der Waals surface area contributed by atoms with Gasteiger partial charge in [0.2, 0.25) is 0 Å². The Balaban J connectivity index is 1.01.